The van der Waals surface area contributed by atoms with Gasteiger partial charge in [0.15, 0.2) is 0 Å². The van der Waals surface area contributed by atoms with Crippen molar-refractivity contribution >= 4 is 41.3 Å². The number of nitrogens with one attached hydrogen (secondary N) is 3. The Kier molecular flexibility index (Phi) is 11.3. The molecule has 4 rings (SSSR count). The van der Waals surface area contributed by atoms with E-state index in [1.54, 1.807) is 48.5 Å². The lowest BCUT2D eigenvalue weighted by atomic mass is 10.0. The number of ether oxygens (including phenoxy) is 2. The molecule has 12 nitrogen and oxygen atoms in total. The van der Waals surface area contributed by atoms with E-state index in [4.69, 9.17) is 21.1 Å². The maximum Gasteiger partial charge on any atom is 0.407 e. The predicted octanol–water partition coefficient (Wildman–Crippen LogP) is 3.57. The highest BCUT2D eigenvalue weighted by atomic mass is 35.5. The number of rotatable bonds is 13. The third kappa shape index (κ3) is 9.76. The molecule has 0 unspecified atom stereocenters. The molecule has 0 aliphatic carbocycles. The van der Waals surface area contributed by atoms with Gasteiger partial charge in [-0.2, -0.15) is 4.68 Å². The normalized spacial score (nSPS) is 11.6. The van der Waals surface area contributed by atoms with Gasteiger partial charge in [0.1, 0.15) is 19.0 Å². The molecule has 0 spiro atoms. The van der Waals surface area contributed by atoms with E-state index >= 15 is 0 Å². The van der Waals surface area contributed by atoms with Crippen molar-refractivity contribution in [2.45, 2.75) is 19.0 Å². The first-order valence-electron chi connectivity index (χ1n) is 13.3. The van der Waals surface area contributed by atoms with Crippen LogP contribution in [0.4, 0.5) is 10.5 Å². The fourth-order valence-corrected chi connectivity index (χ4v) is 4.14. The Bertz CT molecular complexity index is 1530. The van der Waals surface area contributed by atoms with Gasteiger partial charge in [-0.25, -0.2) is 4.79 Å². The number of hydrogen-bond acceptors (Lipinski definition) is 8. The Morgan fingerprint density at radius 2 is 1.79 bits per heavy atom. The van der Waals surface area contributed by atoms with Crippen LogP contribution in [0.15, 0.2) is 85.2 Å². The molecule has 3 aromatic carbocycles. The van der Waals surface area contributed by atoms with E-state index in [-0.39, 0.29) is 19.6 Å². The number of amides is 3. The van der Waals surface area contributed by atoms with Crippen LogP contribution in [0.3, 0.4) is 0 Å². The second kappa shape index (κ2) is 15.8. The van der Waals surface area contributed by atoms with Gasteiger partial charge in [0.2, 0.25) is 11.8 Å². The van der Waals surface area contributed by atoms with Crippen molar-refractivity contribution in [1.29, 1.82) is 0 Å². The Morgan fingerprint density at radius 1 is 1.00 bits per heavy atom. The number of anilines is 1. The molecule has 4 aromatic rings. The molecule has 3 amide bonds. The summed E-state index contributed by atoms with van der Waals surface area (Å²) in [6.07, 6.45) is 4.06. The zero-order valence-electron chi connectivity index (χ0n) is 23.3. The first kappa shape index (κ1) is 30.9. The third-order valence-electron chi connectivity index (χ3n) is 6.09. The van der Waals surface area contributed by atoms with Gasteiger partial charge in [-0.05, 0) is 58.0 Å². The van der Waals surface area contributed by atoms with Crippen LogP contribution in [0.5, 0.6) is 0 Å². The minimum absolute atomic E-state index is 0.159. The highest BCUT2D eigenvalue weighted by molar-refractivity contribution is 6.30. The fourth-order valence-electron chi connectivity index (χ4n) is 3.96. The van der Waals surface area contributed by atoms with Crippen molar-refractivity contribution in [3.05, 3.63) is 107 Å². The molecule has 43 heavy (non-hydrogen) atoms. The van der Waals surface area contributed by atoms with Crippen molar-refractivity contribution in [3.63, 3.8) is 0 Å². The van der Waals surface area contributed by atoms with Crippen molar-refractivity contribution in [2.75, 3.05) is 25.6 Å². The summed E-state index contributed by atoms with van der Waals surface area (Å²) in [5.41, 5.74) is 3.45. The average Bonchev–Trinajstić information content (AvgIpc) is 3.55. The second-order valence-corrected chi connectivity index (χ2v) is 9.65. The van der Waals surface area contributed by atoms with E-state index in [2.05, 4.69) is 31.5 Å². The second-order valence-electron chi connectivity index (χ2n) is 9.21. The number of carbonyl (C=O) groups excluding carboxylic acids is 3. The van der Waals surface area contributed by atoms with Crippen LogP contribution >= 0.6 is 11.6 Å². The molecule has 3 N–H and O–H groups in total. The smallest absolute Gasteiger partial charge is 0.407 e. The molecule has 1 heterocycles. The van der Waals surface area contributed by atoms with E-state index in [1.807, 2.05) is 30.3 Å². The van der Waals surface area contributed by atoms with Crippen LogP contribution in [-0.2, 0) is 32.0 Å². The van der Waals surface area contributed by atoms with Crippen LogP contribution < -0.4 is 16.0 Å². The maximum absolute atomic E-state index is 13.3. The fraction of sp³-hybridized carbons (Fsp3) is 0.200. The van der Waals surface area contributed by atoms with Crippen molar-refractivity contribution < 1.29 is 23.9 Å². The topological polar surface area (TPSA) is 149 Å². The number of hydrogen-bond donors (Lipinski definition) is 3. The van der Waals surface area contributed by atoms with Crippen molar-refractivity contribution in [1.82, 2.24) is 30.8 Å². The van der Waals surface area contributed by atoms with Crippen molar-refractivity contribution in [3.8, 4) is 5.69 Å². The largest absolute Gasteiger partial charge is 0.447 e. The number of benzene rings is 3. The van der Waals surface area contributed by atoms with Crippen LogP contribution in [0.1, 0.15) is 16.7 Å². The number of halogens is 1. The Labute approximate surface area is 253 Å². The highest BCUT2D eigenvalue weighted by Gasteiger charge is 2.21. The van der Waals surface area contributed by atoms with E-state index in [0.717, 1.165) is 11.1 Å². The molecule has 1 atom stereocenters. The van der Waals surface area contributed by atoms with Gasteiger partial charge in [0.05, 0.1) is 12.3 Å². The standard InChI is InChI=1S/C30H30ClN7O5/c1-42-15-16-43-30(41)32-19-22-7-11-25(12-8-22)34-29(40)26(17-21-5-3-2-4-6-21)35-28(39)14-9-23-18-24(31)10-13-27(23)38-20-33-36-37-38/h2-14,18,20,26H,15-17,19H2,1H3,(H,32,41)(H,34,40)(H,35,39)/t26-/m0/s1. The molecule has 0 aliphatic rings. The zero-order valence-corrected chi connectivity index (χ0v) is 24.0. The average molecular weight is 604 g/mol. The Hall–Kier alpha value is -5.07. The summed E-state index contributed by atoms with van der Waals surface area (Å²) in [4.78, 5) is 38.1. The lowest BCUT2D eigenvalue weighted by Crippen LogP contribution is -2.44. The minimum atomic E-state index is -0.874. The summed E-state index contributed by atoms with van der Waals surface area (Å²) >= 11 is 6.17. The molecule has 0 saturated heterocycles. The lowest BCUT2D eigenvalue weighted by Gasteiger charge is -2.18. The van der Waals surface area contributed by atoms with Gasteiger partial charge in [0, 0.05) is 42.4 Å². The van der Waals surface area contributed by atoms with Gasteiger partial charge in [-0.3, -0.25) is 9.59 Å². The molecule has 0 saturated carbocycles. The zero-order chi connectivity index (χ0) is 30.4. The van der Waals surface area contributed by atoms with Crippen LogP contribution in [0.2, 0.25) is 5.02 Å². The summed E-state index contributed by atoms with van der Waals surface area (Å²) in [5, 5.41) is 20.0. The predicted molar refractivity (Wildman–Crippen MR) is 160 cm³/mol. The van der Waals surface area contributed by atoms with Crippen molar-refractivity contribution in [2.24, 2.45) is 0 Å². The first-order valence-corrected chi connectivity index (χ1v) is 13.6. The van der Waals surface area contributed by atoms with Gasteiger partial charge in [-0.15, -0.1) is 5.10 Å². The molecule has 0 fully saturated rings. The van der Waals surface area contributed by atoms with Crippen LogP contribution in [0, 0.1) is 0 Å². The Morgan fingerprint density at radius 3 is 2.51 bits per heavy atom. The lowest BCUT2D eigenvalue weighted by molar-refractivity contribution is -0.123. The quantitative estimate of drug-likeness (QED) is 0.155. The molecule has 0 radical (unpaired) electrons. The SMILES string of the molecule is COCCOC(=O)NCc1ccc(NC(=O)[C@H](Cc2ccccc2)NC(=O)C=Cc2cc(Cl)ccc2-n2cnnn2)cc1. The molecule has 13 heteroatoms. The number of carbonyl (C=O) groups is 3. The first-order chi connectivity index (χ1) is 20.9. The highest BCUT2D eigenvalue weighted by Crippen LogP contribution is 2.20. The van der Waals surface area contributed by atoms with Crippen LogP contribution in [-0.4, -0.2) is 64.5 Å². The van der Waals surface area contributed by atoms with Gasteiger partial charge >= 0.3 is 6.09 Å². The number of methoxy groups -OCH3 is 1. The van der Waals surface area contributed by atoms with Crippen LogP contribution in [0.25, 0.3) is 11.8 Å². The van der Waals surface area contributed by atoms with E-state index in [1.165, 1.54) is 24.2 Å². The van der Waals surface area contributed by atoms with E-state index < -0.39 is 23.9 Å². The number of aromatic nitrogens is 4. The Balaban J connectivity index is 1.41. The number of nitrogens with zero attached hydrogens (tertiary/aromatic N) is 4. The summed E-state index contributed by atoms with van der Waals surface area (Å²) in [5.74, 6) is -0.868. The molecule has 0 aliphatic heterocycles. The van der Waals surface area contributed by atoms with E-state index in [9.17, 15) is 14.4 Å². The molecular formula is C30H30ClN7O5. The number of alkyl carbamates (subject to hydrolysis) is 1. The summed E-state index contributed by atoms with van der Waals surface area (Å²) in [7, 11) is 1.52. The summed E-state index contributed by atoms with van der Waals surface area (Å²) in [6.45, 7) is 0.724. The molecule has 0 bridgehead atoms. The maximum atomic E-state index is 13.3. The van der Waals surface area contributed by atoms with E-state index in [0.29, 0.717) is 28.6 Å². The molecular weight excluding hydrogens is 574 g/mol. The monoisotopic (exact) mass is 603 g/mol. The van der Waals surface area contributed by atoms with Gasteiger partial charge < -0.3 is 25.4 Å². The summed E-state index contributed by atoms with van der Waals surface area (Å²) < 4.78 is 11.3. The van der Waals surface area contributed by atoms with Gasteiger partial charge in [-0.1, -0.05) is 54.1 Å². The third-order valence-corrected chi connectivity index (χ3v) is 6.33. The summed E-state index contributed by atoms with van der Waals surface area (Å²) in [6, 6.07) is 20.6. The van der Waals surface area contributed by atoms with Gasteiger partial charge in [0.25, 0.3) is 0 Å². The minimum Gasteiger partial charge on any atom is -0.447 e. The molecule has 1 aromatic heterocycles. The number of tetrazole rings is 1. The molecule has 222 valence electrons.